The van der Waals surface area contributed by atoms with E-state index in [0.29, 0.717) is 50.3 Å². The molecular weight excluding hydrogens is 1840 g/mol. The molecule has 8 aliphatic rings. The first kappa shape index (κ1) is 102. The first-order valence-electron chi connectivity index (χ1n) is 49.2. The largest absolute Gasteiger partial charge is 0.494 e. The zero-order chi connectivity index (χ0) is 102. The van der Waals surface area contributed by atoms with Crippen LogP contribution in [0.1, 0.15) is 141 Å². The third-order valence-electron chi connectivity index (χ3n) is 28.4. The van der Waals surface area contributed by atoms with Gasteiger partial charge in [-0.25, -0.2) is 48.1 Å². The number of ether oxygens (including phenoxy) is 2. The summed E-state index contributed by atoms with van der Waals surface area (Å²) >= 11 is 0. The van der Waals surface area contributed by atoms with Crippen LogP contribution in [0.5, 0.6) is 11.5 Å². The Labute approximate surface area is 846 Å². The normalized spacial score (nSPS) is 21.4. The fourth-order valence-corrected chi connectivity index (χ4v) is 21.6. The van der Waals surface area contributed by atoms with Crippen molar-refractivity contribution >= 4 is 75.3 Å². The molecule has 0 radical (unpaired) electrons. The number of rotatable bonds is 25. The zero-order valence-electron chi connectivity index (χ0n) is 82.5. The Bertz CT molecular complexity index is 6670. The fourth-order valence-electron chi connectivity index (χ4n) is 20.7. The number of hydrogen-bond acceptors (Lipinski definition) is 23. The van der Waals surface area contributed by atoms with Crippen LogP contribution in [0.25, 0.3) is 33.4 Å². The van der Waals surface area contributed by atoms with Crippen molar-refractivity contribution in [1.29, 1.82) is 0 Å². The maximum Gasteiger partial charge on any atom is 0.266 e. The Morgan fingerprint density at radius 1 is 0.386 bits per heavy atom. The van der Waals surface area contributed by atoms with Gasteiger partial charge in [-0.2, -0.15) is 0 Å². The second kappa shape index (κ2) is 45.2. The Morgan fingerprint density at radius 3 is 1.20 bits per heavy atom. The van der Waals surface area contributed by atoms with Crippen molar-refractivity contribution in [3.63, 3.8) is 0 Å². The average Bonchev–Trinajstić information content (AvgIpc) is 1.69. The number of benzene rings is 10. The van der Waals surface area contributed by atoms with Gasteiger partial charge in [0.1, 0.15) is 23.4 Å². The molecule has 6 atom stereocenters. The van der Waals surface area contributed by atoms with E-state index in [1.165, 1.54) is 64.3 Å². The summed E-state index contributed by atoms with van der Waals surface area (Å²) in [6.45, 7) is 4.33. The number of carbonyl (C=O) groups is 6. The number of likely N-dealkylation sites (tertiary alicyclic amines) is 1. The smallest absolute Gasteiger partial charge is 0.266 e. The maximum atomic E-state index is 14.0. The molecule has 12 aromatic rings. The monoisotopic (exact) mass is 1960 g/mol. The minimum Gasteiger partial charge on any atom is -0.494 e. The standard InChI is InChI=1S/C29H30N4O3.C24H23N3O2.C21H18N4O.C20H17N5O.C20H36N4O3S/c30-28-31-29(23-10-4-1-5-11-23,24-12-6-2-7-13-24)27(35)33(28)20-22-16-18-32(19-17-22)26(34)21-36-25-14-8-3-9-15-25;1-3-29-21-14-8-10-18(16-21)17-9-7-13-20(15-17)24(19-11-5-4-6-12-19)22(28)27(2)23(25)26-24;1-25-19(26)21(24-20(25)22,17-9-3-2-4-10-17)18-11-5-7-15(13-18)16-8-6-12-23-14-16;1-25-18(26)20(24-19(25)21,16-7-3-2-4-8-16)17-9-5-6-14(10-17)15-11-22-13-23-12-15;1-24-18(25)20(22-19(24)21,12-11-15-7-4-3-5-8-15)14-16-9-6-10-17(13-16)23-28(2,26)27/h1-15,22H,16-21H2,(H2,30,31);4-16H,3H2,1-2H3,(H2,25,26);2-14H,1H3,(H2,22,24);2-13H,1H3,(H2,21,24);15-17,23H,3-14H2,1-2H3,(H2,21,22)/t;;;;16-,17+,20+/m....0/s1. The van der Waals surface area contributed by atoms with Gasteiger partial charge in [-0.3, -0.25) is 58.3 Å². The molecule has 3 unspecified atom stereocenters. The van der Waals surface area contributed by atoms with E-state index in [-0.39, 0.29) is 83.8 Å². The van der Waals surface area contributed by atoms with Crippen molar-refractivity contribution in [3.8, 4) is 44.9 Å². The van der Waals surface area contributed by atoms with Gasteiger partial charge in [0.2, 0.25) is 10.0 Å². The molecule has 6 amide bonds. The number of para-hydroxylation sites is 1. The first-order chi connectivity index (χ1) is 70.1. The van der Waals surface area contributed by atoms with E-state index in [0.717, 1.165) is 135 Å². The number of aliphatic imine (C=N–C) groups is 5. The lowest BCUT2D eigenvalue weighted by Gasteiger charge is -2.35. The summed E-state index contributed by atoms with van der Waals surface area (Å²) in [5, 5.41) is 0. The van der Waals surface area contributed by atoms with Crippen LogP contribution in [0.15, 0.2) is 347 Å². The van der Waals surface area contributed by atoms with Gasteiger partial charge in [0.05, 0.1) is 12.9 Å². The van der Waals surface area contributed by atoms with Crippen LogP contribution in [0.3, 0.4) is 0 Å². The highest BCUT2D eigenvalue weighted by Gasteiger charge is 2.55. The summed E-state index contributed by atoms with van der Waals surface area (Å²) in [4.78, 5) is 124. The highest BCUT2D eigenvalue weighted by molar-refractivity contribution is 7.88. The molecule has 6 aliphatic heterocycles. The summed E-state index contributed by atoms with van der Waals surface area (Å²) in [6.07, 6.45) is 23.8. The van der Waals surface area contributed by atoms with Gasteiger partial charge in [-0.05, 0) is 190 Å². The number of hydrogen-bond donors (Lipinski definition) is 6. The van der Waals surface area contributed by atoms with Gasteiger partial charge in [0.25, 0.3) is 35.4 Å². The molecule has 0 bridgehead atoms. The molecule has 2 aliphatic carbocycles. The SMILES string of the molecule is CCOc1cccc(-c2cccc(C3(c4ccccc4)N=C(N)N(C)C3=O)c2)c1.CN1C(=O)C(c2ccccc2)(c2cccc(-c3cccnc3)c2)N=C1N.CN1C(=O)C(c2ccccc2)(c2cccc(-c3cncnc3)c2)N=C1N.CN1C(=O)[C@@](CCC2CCCCC2)(C[C@H]2CCC[C@@H](NS(C)(=O)=O)C2)N=C1N.NC1=NC(c2ccccc2)(c2ccccc2)C(=O)N1CC1CCN(C(=O)COc2ccccc2)CC1. The van der Waals surface area contributed by atoms with Crippen molar-refractivity contribution in [2.45, 2.75) is 131 Å². The number of nitrogens with one attached hydrogen (secondary N) is 1. The third kappa shape index (κ3) is 22.2. The molecule has 145 heavy (non-hydrogen) atoms. The predicted octanol–water partition coefficient (Wildman–Crippen LogP) is 14.5. The van der Waals surface area contributed by atoms with E-state index < -0.39 is 37.7 Å². The number of piperidine rings is 1. The van der Waals surface area contributed by atoms with Crippen molar-refractivity contribution in [2.75, 3.05) is 67.3 Å². The molecule has 8 heterocycles. The Kier molecular flexibility index (Phi) is 31.8. The molecule has 1 saturated heterocycles. The minimum absolute atomic E-state index is 0.0130. The van der Waals surface area contributed by atoms with Gasteiger partial charge < -0.3 is 43.0 Å². The van der Waals surface area contributed by atoms with Crippen LogP contribution in [-0.2, 0) is 60.9 Å². The molecule has 3 fully saturated rings. The van der Waals surface area contributed by atoms with E-state index >= 15 is 0 Å². The van der Waals surface area contributed by atoms with Crippen LogP contribution >= 0.6 is 0 Å². The number of nitrogens with two attached hydrogens (primary N) is 5. The Balaban J connectivity index is 0.000000131. The number of nitrogens with zero attached hydrogens (tertiary/aromatic N) is 14. The van der Waals surface area contributed by atoms with Gasteiger partial charge in [-0.15, -0.1) is 0 Å². The summed E-state index contributed by atoms with van der Waals surface area (Å²) in [7, 11) is 3.43. The van der Waals surface area contributed by atoms with Crippen LogP contribution in [0.4, 0.5) is 0 Å². The molecule has 10 aromatic carbocycles. The molecule has 2 saturated carbocycles. The molecule has 20 rings (SSSR count). The number of amides is 6. The number of guanidine groups is 5. The fraction of sp³-hybridized carbons (Fsp3) is 0.298. The molecule has 0 spiro atoms. The Morgan fingerprint density at radius 2 is 0.772 bits per heavy atom. The van der Waals surface area contributed by atoms with Crippen molar-refractivity contribution in [3.05, 3.63) is 367 Å². The minimum atomic E-state index is -3.22. The highest BCUT2D eigenvalue weighted by Crippen LogP contribution is 2.48. The van der Waals surface area contributed by atoms with Gasteiger partial charge in [-0.1, -0.05) is 288 Å². The topological polar surface area (TPSA) is 417 Å². The summed E-state index contributed by atoms with van der Waals surface area (Å²) in [5.74, 6) is 3.22. The van der Waals surface area contributed by atoms with Crippen LogP contribution in [0, 0.1) is 17.8 Å². The van der Waals surface area contributed by atoms with Crippen molar-refractivity contribution < 1.29 is 46.7 Å². The Hall–Kier alpha value is -15.9. The molecule has 2 aromatic heterocycles. The number of carbonyl (C=O) groups excluding carboxylic acids is 6. The summed E-state index contributed by atoms with van der Waals surface area (Å²) < 4.78 is 37.2. The number of pyridine rings is 1. The highest BCUT2D eigenvalue weighted by atomic mass is 32.2. The van der Waals surface area contributed by atoms with Gasteiger partial charge >= 0.3 is 0 Å². The summed E-state index contributed by atoms with van der Waals surface area (Å²) in [5.41, 5.74) is 37.0. The van der Waals surface area contributed by atoms with Gasteiger partial charge in [0.15, 0.2) is 58.6 Å². The van der Waals surface area contributed by atoms with Crippen LogP contribution in [0.2, 0.25) is 0 Å². The van der Waals surface area contributed by atoms with Gasteiger partial charge in [0, 0.05) is 84.2 Å². The summed E-state index contributed by atoms with van der Waals surface area (Å²) in [6, 6.07) is 92.3. The molecule has 30 nitrogen and oxygen atoms in total. The van der Waals surface area contributed by atoms with Crippen molar-refractivity contribution in [2.24, 2.45) is 71.4 Å². The first-order valence-corrected chi connectivity index (χ1v) is 51.1. The van der Waals surface area contributed by atoms with E-state index in [2.05, 4.69) is 34.7 Å². The van der Waals surface area contributed by atoms with E-state index in [9.17, 15) is 37.2 Å². The van der Waals surface area contributed by atoms with E-state index in [1.807, 2.05) is 303 Å². The zero-order valence-corrected chi connectivity index (χ0v) is 83.3. The lowest BCUT2D eigenvalue weighted by atomic mass is 9.74. The number of aromatic nitrogens is 3. The van der Waals surface area contributed by atoms with E-state index in [1.54, 1.807) is 57.9 Å². The lowest BCUT2D eigenvalue weighted by Crippen LogP contribution is -2.48. The van der Waals surface area contributed by atoms with Crippen LogP contribution < -0.4 is 42.9 Å². The number of sulfonamides is 1. The van der Waals surface area contributed by atoms with E-state index in [4.69, 9.17) is 48.1 Å². The number of likely N-dealkylation sites (N-methyl/N-ethyl adjacent to an activating group) is 4. The molecule has 11 N–H and O–H groups in total. The molecular formula is C114H124N20O10S. The second-order valence-corrected chi connectivity index (χ2v) is 39.6. The average molecular weight is 1970 g/mol. The molecule has 746 valence electrons. The molecule has 31 heteroatoms. The lowest BCUT2D eigenvalue weighted by molar-refractivity contribution is -0.136. The predicted molar refractivity (Wildman–Crippen MR) is 565 cm³/mol. The second-order valence-electron chi connectivity index (χ2n) is 37.8. The third-order valence-corrected chi connectivity index (χ3v) is 29.1. The van der Waals surface area contributed by atoms with Crippen molar-refractivity contribution in [1.82, 2.24) is 49.1 Å². The quantitative estimate of drug-likeness (QED) is 0.0309. The van der Waals surface area contributed by atoms with Crippen LogP contribution in [-0.4, -0.2) is 197 Å². The maximum absolute atomic E-state index is 14.0.